The molecule has 0 unspecified atom stereocenters. The van der Waals surface area contributed by atoms with E-state index >= 15 is 0 Å². The van der Waals surface area contributed by atoms with Gasteiger partial charge in [-0.2, -0.15) is 26.3 Å². The summed E-state index contributed by atoms with van der Waals surface area (Å²) in [6.45, 7) is 3.21. The summed E-state index contributed by atoms with van der Waals surface area (Å²) >= 11 is 0.553. The van der Waals surface area contributed by atoms with E-state index in [-0.39, 0.29) is 16.4 Å². The average Bonchev–Trinajstić information content (AvgIpc) is 3.45. The molecule has 0 aliphatic carbocycles. The molecule has 12 heteroatoms. The van der Waals surface area contributed by atoms with Crippen LogP contribution in [0.2, 0.25) is 0 Å². The summed E-state index contributed by atoms with van der Waals surface area (Å²) in [5.74, 6) is -0.947. The van der Waals surface area contributed by atoms with E-state index in [1.165, 1.54) is 6.07 Å². The summed E-state index contributed by atoms with van der Waals surface area (Å²) in [6.07, 6.45) is -5.40. The number of aromatic nitrogens is 1. The first-order chi connectivity index (χ1) is 15.5. The van der Waals surface area contributed by atoms with Gasteiger partial charge >= 0.3 is 12.4 Å². The van der Waals surface area contributed by atoms with Crippen molar-refractivity contribution in [3.8, 4) is 0 Å². The molecule has 2 aliphatic heterocycles. The zero-order valence-electron chi connectivity index (χ0n) is 17.5. The van der Waals surface area contributed by atoms with E-state index in [0.717, 1.165) is 50.2 Å². The van der Waals surface area contributed by atoms with Crippen molar-refractivity contribution in [2.24, 2.45) is 0 Å². The van der Waals surface area contributed by atoms with E-state index in [2.05, 4.69) is 15.2 Å². The fraction of sp³-hybridized carbons (Fsp3) is 0.524. The highest BCUT2D eigenvalue weighted by Gasteiger charge is 2.35. The molecule has 1 aromatic carbocycles. The molecule has 2 fully saturated rings. The average molecular weight is 492 g/mol. The first-order valence-corrected chi connectivity index (χ1v) is 11.4. The summed E-state index contributed by atoms with van der Waals surface area (Å²) in [5.41, 5.74) is -2.18. The third kappa shape index (κ3) is 5.60. The number of amides is 1. The molecule has 33 heavy (non-hydrogen) atoms. The van der Waals surface area contributed by atoms with Crippen molar-refractivity contribution in [2.45, 2.75) is 44.1 Å². The van der Waals surface area contributed by atoms with Gasteiger partial charge in [-0.1, -0.05) is 0 Å². The second kappa shape index (κ2) is 9.13. The van der Waals surface area contributed by atoms with Crippen molar-refractivity contribution in [3.05, 3.63) is 40.4 Å². The van der Waals surface area contributed by atoms with Gasteiger partial charge in [0.2, 0.25) is 0 Å². The minimum absolute atomic E-state index is 0.268. The van der Waals surface area contributed by atoms with Crippen LogP contribution in [0.25, 0.3) is 0 Å². The Hall–Kier alpha value is -2.34. The predicted molar refractivity (Wildman–Crippen MR) is 113 cm³/mol. The van der Waals surface area contributed by atoms with Crippen molar-refractivity contribution < 1.29 is 31.1 Å². The van der Waals surface area contributed by atoms with E-state index in [1.54, 1.807) is 0 Å². The Kier molecular flexibility index (Phi) is 6.59. The second-order valence-electron chi connectivity index (χ2n) is 8.22. The molecular formula is C21H22F6N4OS. The van der Waals surface area contributed by atoms with Crippen LogP contribution in [0.15, 0.2) is 23.6 Å². The minimum atomic E-state index is -4.68. The number of anilines is 2. The highest BCUT2D eigenvalue weighted by molar-refractivity contribution is 7.14. The maximum absolute atomic E-state index is 13.5. The van der Waals surface area contributed by atoms with Gasteiger partial charge in [-0.25, -0.2) is 4.98 Å². The molecule has 0 atom stereocenters. The fourth-order valence-electron chi connectivity index (χ4n) is 4.32. The third-order valence-electron chi connectivity index (χ3n) is 6.01. The monoisotopic (exact) mass is 492 g/mol. The summed E-state index contributed by atoms with van der Waals surface area (Å²) in [6, 6.07) is 3.47. The van der Waals surface area contributed by atoms with Crippen molar-refractivity contribution in [1.29, 1.82) is 0 Å². The molecule has 180 valence electrons. The van der Waals surface area contributed by atoms with Crippen molar-refractivity contribution >= 4 is 28.1 Å². The topological polar surface area (TPSA) is 48.5 Å². The molecular weight excluding hydrogens is 470 g/mol. The van der Waals surface area contributed by atoms with Crippen LogP contribution >= 0.6 is 11.3 Å². The lowest BCUT2D eigenvalue weighted by atomic mass is 10.0. The predicted octanol–water partition coefficient (Wildman–Crippen LogP) is 5.50. The van der Waals surface area contributed by atoms with Gasteiger partial charge in [0.1, 0.15) is 0 Å². The van der Waals surface area contributed by atoms with Gasteiger partial charge in [-0.3, -0.25) is 10.1 Å². The number of likely N-dealkylation sites (tertiary alicyclic amines) is 1. The molecule has 2 aliphatic rings. The molecule has 1 amide bonds. The van der Waals surface area contributed by atoms with E-state index in [1.807, 2.05) is 4.90 Å². The van der Waals surface area contributed by atoms with Crippen LogP contribution in [-0.4, -0.2) is 48.0 Å². The van der Waals surface area contributed by atoms with Gasteiger partial charge in [0.05, 0.1) is 5.56 Å². The molecule has 5 nitrogen and oxygen atoms in total. The number of nitrogens with one attached hydrogen (secondary N) is 1. The van der Waals surface area contributed by atoms with E-state index < -0.39 is 29.5 Å². The van der Waals surface area contributed by atoms with E-state index in [9.17, 15) is 31.1 Å². The van der Waals surface area contributed by atoms with E-state index in [0.29, 0.717) is 36.5 Å². The number of halogens is 6. The van der Waals surface area contributed by atoms with Gasteiger partial charge in [0, 0.05) is 35.8 Å². The van der Waals surface area contributed by atoms with Crippen molar-refractivity contribution in [2.75, 3.05) is 36.4 Å². The minimum Gasteiger partial charge on any atom is -0.371 e. The fourth-order valence-corrected chi connectivity index (χ4v) is 5.03. The number of carbonyl (C=O) groups is 1. The Morgan fingerprint density at radius 1 is 0.970 bits per heavy atom. The number of rotatable bonds is 4. The Bertz CT molecular complexity index is 991. The Balaban J connectivity index is 1.52. The Labute approximate surface area is 190 Å². The van der Waals surface area contributed by atoms with Crippen LogP contribution in [0.5, 0.6) is 0 Å². The standard InChI is InChI=1S/C21H22F6N4OS/c22-20(23,24)14-9-13(18(32)29-19-28-17(12-33-19)21(25,26)27)10-16(11-14)31-7-3-15(4-8-31)30-5-1-2-6-30/h9-12,15H,1-8H2,(H,28,29,32). The maximum atomic E-state index is 13.5. The molecule has 1 aromatic heterocycles. The van der Waals surface area contributed by atoms with Crippen molar-refractivity contribution in [1.82, 2.24) is 9.88 Å². The number of nitrogens with zero attached hydrogens (tertiary/aromatic N) is 3. The van der Waals surface area contributed by atoms with Gasteiger partial charge in [-0.05, 0) is 57.0 Å². The lowest BCUT2D eigenvalue weighted by Crippen LogP contribution is -2.44. The number of piperidine rings is 1. The van der Waals surface area contributed by atoms with Gasteiger partial charge in [0.25, 0.3) is 5.91 Å². The number of benzene rings is 1. The first-order valence-electron chi connectivity index (χ1n) is 10.6. The zero-order chi connectivity index (χ0) is 23.8. The Morgan fingerprint density at radius 3 is 2.21 bits per heavy atom. The molecule has 2 saturated heterocycles. The number of hydrogen-bond donors (Lipinski definition) is 1. The smallest absolute Gasteiger partial charge is 0.371 e. The van der Waals surface area contributed by atoms with E-state index in [4.69, 9.17) is 0 Å². The second-order valence-corrected chi connectivity index (χ2v) is 9.08. The quantitative estimate of drug-likeness (QED) is 0.573. The number of hydrogen-bond acceptors (Lipinski definition) is 5. The maximum Gasteiger partial charge on any atom is 0.434 e. The highest BCUT2D eigenvalue weighted by Crippen LogP contribution is 2.35. The molecule has 4 rings (SSSR count). The lowest BCUT2D eigenvalue weighted by Gasteiger charge is -2.38. The van der Waals surface area contributed by atoms with Gasteiger partial charge in [0.15, 0.2) is 10.8 Å². The highest BCUT2D eigenvalue weighted by atomic mass is 32.1. The van der Waals surface area contributed by atoms with Crippen LogP contribution in [-0.2, 0) is 12.4 Å². The zero-order valence-corrected chi connectivity index (χ0v) is 18.3. The number of carbonyl (C=O) groups excluding carboxylic acids is 1. The molecule has 0 spiro atoms. The molecule has 1 N–H and O–H groups in total. The van der Waals surface area contributed by atoms with Crippen LogP contribution in [0.3, 0.4) is 0 Å². The molecule has 0 radical (unpaired) electrons. The molecule has 3 heterocycles. The van der Waals surface area contributed by atoms with Crippen LogP contribution in [0.1, 0.15) is 47.3 Å². The summed E-state index contributed by atoms with van der Waals surface area (Å²) in [7, 11) is 0. The molecule has 2 aromatic rings. The lowest BCUT2D eigenvalue weighted by molar-refractivity contribution is -0.140. The summed E-state index contributed by atoms with van der Waals surface area (Å²) in [4.78, 5) is 20.1. The number of alkyl halides is 6. The van der Waals surface area contributed by atoms with Crippen molar-refractivity contribution in [3.63, 3.8) is 0 Å². The van der Waals surface area contributed by atoms with Crippen LogP contribution in [0, 0.1) is 0 Å². The Morgan fingerprint density at radius 2 is 1.64 bits per heavy atom. The first kappa shape index (κ1) is 23.8. The normalized spacial score (nSPS) is 18.7. The van der Waals surface area contributed by atoms with Gasteiger partial charge < -0.3 is 9.80 Å². The summed E-state index contributed by atoms with van der Waals surface area (Å²) < 4.78 is 78.7. The largest absolute Gasteiger partial charge is 0.434 e. The van der Waals surface area contributed by atoms with Crippen LogP contribution in [0.4, 0.5) is 37.2 Å². The summed E-state index contributed by atoms with van der Waals surface area (Å²) in [5, 5.41) is 2.58. The van der Waals surface area contributed by atoms with Gasteiger partial charge in [-0.15, -0.1) is 11.3 Å². The SMILES string of the molecule is O=C(Nc1nc(C(F)(F)F)cs1)c1cc(N2CCC(N3CCCC3)CC2)cc(C(F)(F)F)c1. The third-order valence-corrected chi connectivity index (χ3v) is 6.77. The molecule has 0 bridgehead atoms. The van der Waals surface area contributed by atoms with Crippen LogP contribution < -0.4 is 10.2 Å². The molecule has 0 saturated carbocycles. The number of thiazole rings is 1.